The minimum Gasteiger partial charge on any atom is -1.00 e. The average molecular weight is 372 g/mol. The lowest BCUT2D eigenvalue weighted by Crippen LogP contribution is -3.00. The van der Waals surface area contributed by atoms with E-state index >= 15 is 0 Å². The predicted molar refractivity (Wildman–Crippen MR) is 86.2 cm³/mol. The summed E-state index contributed by atoms with van der Waals surface area (Å²) in [5.41, 5.74) is 4.50. The number of carbonyl (C=O) groups is 1. The Hall–Kier alpha value is -2.14. The maximum atomic E-state index is 12.6. The van der Waals surface area contributed by atoms with Crippen molar-refractivity contribution in [1.29, 1.82) is 0 Å². The Morgan fingerprint density at radius 1 is 1.17 bits per heavy atom. The number of anilines is 1. The second kappa shape index (κ2) is 6.16. The molecule has 0 fully saturated rings. The summed E-state index contributed by atoms with van der Waals surface area (Å²) in [7, 11) is 1.92. The number of hydrogen-bond donors (Lipinski definition) is 1. The lowest BCUT2D eigenvalue weighted by atomic mass is 10.1. The van der Waals surface area contributed by atoms with Crippen LogP contribution in [0.2, 0.25) is 0 Å². The van der Waals surface area contributed by atoms with E-state index in [1.807, 2.05) is 37.4 Å². The molecule has 0 spiro atoms. The van der Waals surface area contributed by atoms with E-state index in [0.717, 1.165) is 30.0 Å². The molecule has 4 nitrogen and oxygen atoms in total. The molecular formula is C18H18BrN3O. The number of carbonyl (C=O) groups excluding carboxylic acids is 1. The molecule has 2 heterocycles. The standard InChI is InChI=1S/C18H17N3O.BrH/c1-19-18-20-11-10-14-8-5-9-15(17(14)20)21(18)12-16(22)13-6-3-2-4-7-13;/h2-9H,10-12H2,1H3;1H. The van der Waals surface area contributed by atoms with E-state index in [-0.39, 0.29) is 22.8 Å². The van der Waals surface area contributed by atoms with Gasteiger partial charge in [0.15, 0.2) is 5.78 Å². The summed E-state index contributed by atoms with van der Waals surface area (Å²) in [6, 6.07) is 15.8. The van der Waals surface area contributed by atoms with Crippen LogP contribution in [0, 0.1) is 0 Å². The first-order chi connectivity index (χ1) is 10.8. The van der Waals surface area contributed by atoms with Gasteiger partial charge in [-0.15, -0.1) is 0 Å². The molecule has 0 atom stereocenters. The SMILES string of the molecule is CNc1n(CC(=O)c2ccccc2)c2cccc3c2[n+]1CC3.[Br-]. The summed E-state index contributed by atoms with van der Waals surface area (Å²) in [5, 5.41) is 3.27. The lowest BCUT2D eigenvalue weighted by Gasteiger charge is -2.05. The fraction of sp³-hybridized carbons (Fsp3) is 0.222. The molecule has 1 aliphatic heterocycles. The zero-order valence-electron chi connectivity index (χ0n) is 12.9. The van der Waals surface area contributed by atoms with Crippen LogP contribution in [-0.2, 0) is 19.5 Å². The van der Waals surface area contributed by atoms with Crippen LogP contribution in [0.15, 0.2) is 48.5 Å². The molecule has 1 aromatic heterocycles. The normalized spacial score (nSPS) is 12.2. The summed E-state index contributed by atoms with van der Waals surface area (Å²) >= 11 is 0. The zero-order valence-corrected chi connectivity index (χ0v) is 14.5. The Morgan fingerprint density at radius 2 is 1.96 bits per heavy atom. The summed E-state index contributed by atoms with van der Waals surface area (Å²) in [6.45, 7) is 1.33. The number of halogens is 1. The lowest BCUT2D eigenvalue weighted by molar-refractivity contribution is -0.650. The van der Waals surface area contributed by atoms with Crippen molar-refractivity contribution >= 4 is 22.8 Å². The monoisotopic (exact) mass is 371 g/mol. The van der Waals surface area contributed by atoms with Gasteiger partial charge < -0.3 is 17.0 Å². The highest BCUT2D eigenvalue weighted by Crippen LogP contribution is 2.26. The molecule has 118 valence electrons. The Balaban J connectivity index is 0.00000156. The Bertz CT molecular complexity index is 871. The number of aryl methyl sites for hydroxylation is 2. The number of imidazole rings is 1. The van der Waals surface area contributed by atoms with E-state index < -0.39 is 0 Å². The van der Waals surface area contributed by atoms with Crippen LogP contribution in [0.3, 0.4) is 0 Å². The maximum absolute atomic E-state index is 12.6. The number of rotatable bonds is 4. The molecule has 0 unspecified atom stereocenters. The van der Waals surface area contributed by atoms with Gasteiger partial charge in [0, 0.05) is 12.0 Å². The fourth-order valence-corrected chi connectivity index (χ4v) is 3.41. The molecule has 2 aromatic carbocycles. The van der Waals surface area contributed by atoms with E-state index in [9.17, 15) is 4.79 Å². The first kappa shape index (κ1) is 15.7. The third-order valence-electron chi connectivity index (χ3n) is 4.40. The number of Topliss-reactive ketones (excluding diaryl/α,β-unsaturated/α-hetero) is 1. The summed E-state index contributed by atoms with van der Waals surface area (Å²) in [6.07, 6.45) is 1.06. The Morgan fingerprint density at radius 3 is 2.70 bits per heavy atom. The van der Waals surface area contributed by atoms with Crippen LogP contribution in [0.4, 0.5) is 5.95 Å². The van der Waals surface area contributed by atoms with Crippen LogP contribution in [0.1, 0.15) is 15.9 Å². The van der Waals surface area contributed by atoms with Gasteiger partial charge >= 0.3 is 5.95 Å². The van der Waals surface area contributed by atoms with Crippen molar-refractivity contribution in [1.82, 2.24) is 4.57 Å². The van der Waals surface area contributed by atoms with Gasteiger partial charge in [-0.2, -0.15) is 0 Å². The van der Waals surface area contributed by atoms with Gasteiger partial charge in [-0.1, -0.05) is 42.5 Å². The Kier molecular flexibility index (Phi) is 4.22. The summed E-state index contributed by atoms with van der Waals surface area (Å²) < 4.78 is 4.37. The maximum Gasteiger partial charge on any atom is 0.358 e. The topological polar surface area (TPSA) is 37.9 Å². The van der Waals surface area contributed by atoms with Crippen molar-refractivity contribution < 1.29 is 26.3 Å². The van der Waals surface area contributed by atoms with E-state index in [1.54, 1.807) is 0 Å². The minimum atomic E-state index is 0. The van der Waals surface area contributed by atoms with E-state index in [2.05, 4.69) is 32.7 Å². The number of ketones is 1. The van der Waals surface area contributed by atoms with Crippen molar-refractivity contribution in [2.75, 3.05) is 12.4 Å². The average Bonchev–Trinajstić information content (AvgIpc) is 3.12. The molecule has 3 aromatic rings. The molecule has 0 aliphatic carbocycles. The first-order valence-electron chi connectivity index (χ1n) is 7.59. The number of benzene rings is 2. The van der Waals surface area contributed by atoms with Gasteiger partial charge in [-0.3, -0.25) is 10.1 Å². The number of para-hydroxylation sites is 1. The zero-order chi connectivity index (χ0) is 15.1. The molecule has 0 amide bonds. The van der Waals surface area contributed by atoms with Crippen molar-refractivity contribution in [3.63, 3.8) is 0 Å². The van der Waals surface area contributed by atoms with Gasteiger partial charge in [-0.05, 0) is 11.6 Å². The Labute approximate surface area is 145 Å². The van der Waals surface area contributed by atoms with Gasteiger partial charge in [0.05, 0.1) is 13.6 Å². The molecular weight excluding hydrogens is 354 g/mol. The molecule has 1 aliphatic rings. The van der Waals surface area contributed by atoms with E-state index in [1.165, 1.54) is 11.1 Å². The van der Waals surface area contributed by atoms with Crippen molar-refractivity contribution in [2.45, 2.75) is 19.5 Å². The van der Waals surface area contributed by atoms with Crippen LogP contribution in [0.25, 0.3) is 11.0 Å². The predicted octanol–water partition coefficient (Wildman–Crippen LogP) is -0.586. The minimum absolute atomic E-state index is 0. The van der Waals surface area contributed by atoms with Crippen LogP contribution < -0.4 is 26.9 Å². The molecule has 5 heteroatoms. The van der Waals surface area contributed by atoms with Crippen molar-refractivity contribution in [2.24, 2.45) is 0 Å². The van der Waals surface area contributed by atoms with Crippen LogP contribution >= 0.6 is 0 Å². The second-order valence-corrected chi connectivity index (χ2v) is 5.64. The molecule has 0 bridgehead atoms. The molecule has 0 radical (unpaired) electrons. The largest absolute Gasteiger partial charge is 1.00 e. The number of nitrogens with one attached hydrogen (secondary N) is 1. The highest BCUT2D eigenvalue weighted by Gasteiger charge is 2.29. The van der Waals surface area contributed by atoms with E-state index in [0.29, 0.717) is 6.54 Å². The van der Waals surface area contributed by atoms with Gasteiger partial charge in [0.1, 0.15) is 17.6 Å². The van der Waals surface area contributed by atoms with Crippen LogP contribution in [0.5, 0.6) is 0 Å². The molecule has 0 saturated carbocycles. The van der Waals surface area contributed by atoms with Gasteiger partial charge in [0.2, 0.25) is 0 Å². The fourth-order valence-electron chi connectivity index (χ4n) is 3.41. The summed E-state index contributed by atoms with van der Waals surface area (Å²) in [5.74, 6) is 1.14. The second-order valence-electron chi connectivity index (χ2n) is 5.64. The first-order valence-corrected chi connectivity index (χ1v) is 7.59. The molecule has 0 saturated heterocycles. The molecule has 23 heavy (non-hydrogen) atoms. The highest BCUT2D eigenvalue weighted by molar-refractivity contribution is 5.97. The third kappa shape index (κ3) is 2.45. The van der Waals surface area contributed by atoms with Gasteiger partial charge in [-0.25, -0.2) is 9.13 Å². The third-order valence-corrected chi connectivity index (χ3v) is 4.40. The highest BCUT2D eigenvalue weighted by atomic mass is 79.9. The van der Waals surface area contributed by atoms with Crippen molar-refractivity contribution in [3.8, 4) is 0 Å². The number of nitrogens with zero attached hydrogens (tertiary/aromatic N) is 2. The van der Waals surface area contributed by atoms with Crippen LogP contribution in [-0.4, -0.2) is 17.4 Å². The number of aromatic nitrogens is 2. The number of hydrogen-bond acceptors (Lipinski definition) is 2. The molecule has 4 rings (SSSR count). The van der Waals surface area contributed by atoms with Gasteiger partial charge in [0.25, 0.3) is 0 Å². The van der Waals surface area contributed by atoms with Crippen molar-refractivity contribution in [3.05, 3.63) is 59.7 Å². The quantitative estimate of drug-likeness (QED) is 0.492. The van der Waals surface area contributed by atoms with E-state index in [4.69, 9.17) is 0 Å². The smallest absolute Gasteiger partial charge is 0.358 e. The molecule has 1 N–H and O–H groups in total. The summed E-state index contributed by atoms with van der Waals surface area (Å²) in [4.78, 5) is 12.6.